The zero-order valence-electron chi connectivity index (χ0n) is 45.4. The van der Waals surface area contributed by atoms with Crippen molar-refractivity contribution < 1.29 is 52.2 Å². The maximum absolute atomic E-state index is 12.9. The lowest BCUT2D eigenvalue weighted by Gasteiger charge is -2.21. The molecule has 0 fully saturated rings. The van der Waals surface area contributed by atoms with E-state index in [2.05, 4.69) is 118 Å². The van der Waals surface area contributed by atoms with Crippen LogP contribution in [-0.2, 0) is 42.2 Å². The van der Waals surface area contributed by atoms with E-state index in [0.29, 0.717) is 19.3 Å². The van der Waals surface area contributed by atoms with Crippen molar-refractivity contribution in [2.75, 3.05) is 26.4 Å². The Morgan fingerprint density at radius 2 is 0.722 bits per heavy atom. The monoisotopic (exact) mass is 1030 g/mol. The summed E-state index contributed by atoms with van der Waals surface area (Å²) in [5.74, 6) is -1.55. The minimum atomic E-state index is -4.77. The molecular formula is C60H101O11P. The Hall–Kier alpha value is -3.60. The Bertz CT molecular complexity index is 1580. The molecule has 0 aliphatic heterocycles. The Labute approximate surface area is 438 Å². The number of aliphatic hydroxyl groups excluding tert-OH is 1. The predicted octanol–water partition coefficient (Wildman–Crippen LogP) is 16.5. The summed E-state index contributed by atoms with van der Waals surface area (Å²) in [5.41, 5.74) is 0. The van der Waals surface area contributed by atoms with Crippen LogP contribution in [0.25, 0.3) is 0 Å². The summed E-state index contributed by atoms with van der Waals surface area (Å²) in [5, 5.41) is 9.80. The molecule has 3 atom stereocenters. The van der Waals surface area contributed by atoms with E-state index in [1.165, 1.54) is 57.8 Å². The Morgan fingerprint density at radius 1 is 0.403 bits per heavy atom. The zero-order chi connectivity index (χ0) is 52.7. The molecule has 0 saturated carbocycles. The first-order valence-corrected chi connectivity index (χ1v) is 29.6. The van der Waals surface area contributed by atoms with Gasteiger partial charge in [-0.1, -0.05) is 208 Å². The number of carbonyl (C=O) groups excluding carboxylic acids is 3. The highest BCUT2D eigenvalue weighted by atomic mass is 31.2. The zero-order valence-corrected chi connectivity index (χ0v) is 46.3. The van der Waals surface area contributed by atoms with Crippen LogP contribution in [0.3, 0.4) is 0 Å². The summed E-state index contributed by atoms with van der Waals surface area (Å²) in [7, 11) is -4.77. The van der Waals surface area contributed by atoms with Crippen LogP contribution in [0.2, 0.25) is 0 Å². The smallest absolute Gasteiger partial charge is 0.462 e. The molecule has 0 heterocycles. The number of rotatable bonds is 51. The van der Waals surface area contributed by atoms with Crippen molar-refractivity contribution in [1.29, 1.82) is 0 Å². The van der Waals surface area contributed by atoms with Gasteiger partial charge in [0.15, 0.2) is 6.10 Å². The van der Waals surface area contributed by atoms with Gasteiger partial charge in [0.1, 0.15) is 12.7 Å². The number of hydrogen-bond acceptors (Lipinski definition) is 10. The van der Waals surface area contributed by atoms with Crippen molar-refractivity contribution in [3.8, 4) is 0 Å². The molecule has 3 unspecified atom stereocenters. The lowest BCUT2D eigenvalue weighted by atomic mass is 10.0. The molecular weight excluding hydrogens is 928 g/mol. The summed E-state index contributed by atoms with van der Waals surface area (Å²) in [6.07, 6.45) is 62.3. The molecule has 0 saturated heterocycles. The molecule has 0 radical (unpaired) electrons. The highest BCUT2D eigenvalue weighted by Gasteiger charge is 2.28. The fourth-order valence-electron chi connectivity index (χ4n) is 7.28. The van der Waals surface area contributed by atoms with Gasteiger partial charge < -0.3 is 24.2 Å². The number of carbonyl (C=O) groups is 3. The van der Waals surface area contributed by atoms with Crippen molar-refractivity contribution >= 4 is 25.7 Å². The highest BCUT2D eigenvalue weighted by Crippen LogP contribution is 2.43. The molecule has 0 aliphatic rings. The van der Waals surface area contributed by atoms with Crippen LogP contribution >= 0.6 is 7.82 Å². The number of allylic oxidation sites excluding steroid dienone is 16. The lowest BCUT2D eigenvalue weighted by Crippen LogP contribution is -2.30. The number of esters is 3. The van der Waals surface area contributed by atoms with Gasteiger partial charge in [0, 0.05) is 19.3 Å². The van der Waals surface area contributed by atoms with Crippen LogP contribution in [-0.4, -0.2) is 66.5 Å². The van der Waals surface area contributed by atoms with Crippen molar-refractivity contribution in [2.24, 2.45) is 0 Å². The van der Waals surface area contributed by atoms with Gasteiger partial charge in [-0.3, -0.25) is 23.4 Å². The SMILES string of the molecule is CC/C=C\C/C=C\C/C=C\C/C=C\CCCCCCC(=O)OCC(COP(=O)(O)OCC(CO)OC(=O)CCCCCCCCCCCCCCC)OC(=O)CCCC/C=C\C/C=C\C/C=C\C/C=C\CC. The average Bonchev–Trinajstić information content (AvgIpc) is 3.37. The molecule has 0 aromatic carbocycles. The molecule has 412 valence electrons. The summed E-state index contributed by atoms with van der Waals surface area (Å²) in [6.45, 7) is 4.33. The summed E-state index contributed by atoms with van der Waals surface area (Å²) >= 11 is 0. The van der Waals surface area contributed by atoms with Gasteiger partial charge in [-0.25, -0.2) is 4.57 Å². The van der Waals surface area contributed by atoms with E-state index in [9.17, 15) is 28.9 Å². The normalized spacial score (nSPS) is 14.1. The van der Waals surface area contributed by atoms with Crippen LogP contribution in [0, 0.1) is 0 Å². The predicted molar refractivity (Wildman–Crippen MR) is 297 cm³/mol. The maximum atomic E-state index is 12.9. The van der Waals surface area contributed by atoms with E-state index in [0.717, 1.165) is 109 Å². The van der Waals surface area contributed by atoms with E-state index in [1.54, 1.807) is 0 Å². The van der Waals surface area contributed by atoms with E-state index >= 15 is 0 Å². The largest absolute Gasteiger partial charge is 0.472 e. The molecule has 0 spiro atoms. The number of hydrogen-bond donors (Lipinski definition) is 2. The molecule has 12 heteroatoms. The third-order valence-corrected chi connectivity index (χ3v) is 12.5. The standard InChI is InChI=1S/C60H101O11P/c1-4-7-10-13-16-19-22-25-27-28-30-32-34-37-40-43-46-49-58(62)67-53-57(71-60(64)51-48-45-42-39-36-33-29-26-23-20-17-14-11-8-5-2)55-69-72(65,66)68-54-56(52-61)70-59(63)50-47-44-41-38-35-31-24-21-18-15-12-9-6-3/h7-8,10-11,16-17,19-20,25-27,29-30,32,36,39,56-57,61H,4-6,9,12-15,18,21-24,28,31,33-35,37-38,40-55H2,1-3H3,(H,65,66)/b10-7-,11-8-,19-16-,20-17-,27-25-,29-26-,32-30-,39-36-. The van der Waals surface area contributed by atoms with Gasteiger partial charge in [0.25, 0.3) is 0 Å². The number of phosphoric ester groups is 1. The third kappa shape index (κ3) is 51.3. The van der Waals surface area contributed by atoms with Crippen LogP contribution < -0.4 is 0 Å². The van der Waals surface area contributed by atoms with Gasteiger partial charge in [0.05, 0.1) is 19.8 Å². The quantitative estimate of drug-likeness (QED) is 0.0197. The summed E-state index contributed by atoms with van der Waals surface area (Å²) < 4.78 is 39.4. The topological polar surface area (TPSA) is 155 Å². The second-order valence-electron chi connectivity index (χ2n) is 18.3. The van der Waals surface area contributed by atoms with Gasteiger partial charge in [-0.05, 0) is 96.3 Å². The number of phosphoric acid groups is 1. The lowest BCUT2D eigenvalue weighted by molar-refractivity contribution is -0.161. The summed E-state index contributed by atoms with van der Waals surface area (Å²) in [4.78, 5) is 48.5. The molecule has 2 N–H and O–H groups in total. The number of unbranched alkanes of at least 4 members (excludes halogenated alkanes) is 18. The number of aliphatic hydroxyl groups is 1. The second-order valence-corrected chi connectivity index (χ2v) is 19.8. The van der Waals surface area contributed by atoms with Gasteiger partial charge in [-0.15, -0.1) is 0 Å². The maximum Gasteiger partial charge on any atom is 0.472 e. The Kier molecular flexibility index (Phi) is 51.0. The van der Waals surface area contributed by atoms with Gasteiger partial charge >= 0.3 is 25.7 Å². The molecule has 72 heavy (non-hydrogen) atoms. The van der Waals surface area contributed by atoms with Gasteiger partial charge in [0.2, 0.25) is 0 Å². The molecule has 0 aromatic rings. The van der Waals surface area contributed by atoms with Gasteiger partial charge in [-0.2, -0.15) is 0 Å². The number of ether oxygens (including phenoxy) is 3. The van der Waals surface area contributed by atoms with Crippen LogP contribution in [0.4, 0.5) is 0 Å². The Balaban J connectivity index is 4.83. The van der Waals surface area contributed by atoms with Crippen LogP contribution in [0.15, 0.2) is 97.2 Å². The highest BCUT2D eigenvalue weighted by molar-refractivity contribution is 7.47. The molecule has 0 bridgehead atoms. The average molecular weight is 1030 g/mol. The fourth-order valence-corrected chi connectivity index (χ4v) is 8.06. The van der Waals surface area contributed by atoms with Crippen molar-refractivity contribution in [1.82, 2.24) is 0 Å². The second kappa shape index (κ2) is 53.7. The van der Waals surface area contributed by atoms with Crippen LogP contribution in [0.1, 0.15) is 226 Å². The van der Waals surface area contributed by atoms with E-state index < -0.39 is 57.8 Å². The minimum absolute atomic E-state index is 0.106. The van der Waals surface area contributed by atoms with Crippen molar-refractivity contribution in [3.63, 3.8) is 0 Å². The first-order valence-electron chi connectivity index (χ1n) is 28.1. The molecule has 0 aliphatic carbocycles. The third-order valence-electron chi connectivity index (χ3n) is 11.5. The molecule has 0 amide bonds. The Morgan fingerprint density at radius 3 is 1.14 bits per heavy atom. The first-order chi connectivity index (χ1) is 35.2. The van der Waals surface area contributed by atoms with E-state index in [4.69, 9.17) is 23.3 Å². The molecule has 11 nitrogen and oxygen atoms in total. The van der Waals surface area contributed by atoms with Crippen molar-refractivity contribution in [2.45, 2.75) is 238 Å². The van der Waals surface area contributed by atoms with E-state index in [-0.39, 0.29) is 25.9 Å². The van der Waals surface area contributed by atoms with Crippen molar-refractivity contribution in [3.05, 3.63) is 97.2 Å². The van der Waals surface area contributed by atoms with E-state index in [1.807, 2.05) is 0 Å². The fraction of sp³-hybridized carbons (Fsp3) is 0.683. The van der Waals surface area contributed by atoms with Crippen LogP contribution in [0.5, 0.6) is 0 Å². The molecule has 0 rings (SSSR count). The molecule has 0 aromatic heterocycles. The minimum Gasteiger partial charge on any atom is -0.462 e. The summed E-state index contributed by atoms with van der Waals surface area (Å²) in [6, 6.07) is 0. The first kappa shape index (κ1) is 68.4.